The highest BCUT2D eigenvalue weighted by molar-refractivity contribution is 7.98. The lowest BCUT2D eigenvalue weighted by Gasteiger charge is -2.13. The van der Waals surface area contributed by atoms with Crippen LogP contribution in [0.5, 0.6) is 0 Å². The summed E-state index contributed by atoms with van der Waals surface area (Å²) >= 11 is 1.63. The van der Waals surface area contributed by atoms with Gasteiger partial charge >= 0.3 is 0 Å². The van der Waals surface area contributed by atoms with Crippen LogP contribution in [-0.2, 0) is 4.79 Å². The average molecular weight is 252 g/mol. The molecule has 0 aliphatic carbocycles. The number of rotatable bonds is 6. The first-order valence-electron chi connectivity index (χ1n) is 5.84. The van der Waals surface area contributed by atoms with Gasteiger partial charge in [0.15, 0.2) is 0 Å². The number of nitrogens with one attached hydrogen (secondary N) is 1. The van der Waals surface area contributed by atoms with Gasteiger partial charge in [-0.3, -0.25) is 4.79 Å². The van der Waals surface area contributed by atoms with Gasteiger partial charge in [-0.05, 0) is 30.9 Å². The van der Waals surface area contributed by atoms with Crippen molar-refractivity contribution in [1.29, 1.82) is 0 Å². The lowest BCUT2D eigenvalue weighted by molar-refractivity contribution is -0.117. The molecule has 0 radical (unpaired) electrons. The standard InChI is InChI=1S/C13H20N2OS/c1-3-10(9-14)8-13(16)15-11-6-4-5-7-12(11)17-2/h4-7,10H,3,8-9,14H2,1-2H3,(H,15,16). The Morgan fingerprint density at radius 3 is 2.76 bits per heavy atom. The SMILES string of the molecule is CCC(CN)CC(=O)Nc1ccccc1SC. The van der Waals surface area contributed by atoms with Crippen molar-refractivity contribution in [3.63, 3.8) is 0 Å². The maximum Gasteiger partial charge on any atom is 0.224 e. The lowest BCUT2D eigenvalue weighted by atomic mass is 10.0. The first kappa shape index (κ1) is 14.1. The Hall–Kier alpha value is -1.00. The summed E-state index contributed by atoms with van der Waals surface area (Å²) in [6, 6.07) is 7.82. The van der Waals surface area contributed by atoms with Crippen molar-refractivity contribution >= 4 is 23.4 Å². The molecule has 1 rings (SSSR count). The highest BCUT2D eigenvalue weighted by atomic mass is 32.2. The third-order valence-electron chi connectivity index (χ3n) is 2.77. The largest absolute Gasteiger partial charge is 0.330 e. The highest BCUT2D eigenvalue weighted by Gasteiger charge is 2.11. The molecule has 0 spiro atoms. The molecular formula is C13H20N2OS. The normalized spacial score (nSPS) is 12.2. The molecule has 0 saturated heterocycles. The summed E-state index contributed by atoms with van der Waals surface area (Å²) in [5, 5.41) is 2.95. The van der Waals surface area contributed by atoms with E-state index < -0.39 is 0 Å². The molecule has 94 valence electrons. The van der Waals surface area contributed by atoms with Gasteiger partial charge in [-0.2, -0.15) is 0 Å². The van der Waals surface area contributed by atoms with Gasteiger partial charge in [0.25, 0.3) is 0 Å². The summed E-state index contributed by atoms with van der Waals surface area (Å²) in [4.78, 5) is 12.9. The highest BCUT2D eigenvalue weighted by Crippen LogP contribution is 2.24. The molecule has 1 aromatic rings. The van der Waals surface area contributed by atoms with Crippen molar-refractivity contribution in [1.82, 2.24) is 0 Å². The number of carbonyl (C=O) groups is 1. The number of nitrogens with two attached hydrogens (primary N) is 1. The summed E-state index contributed by atoms with van der Waals surface area (Å²) in [6.45, 7) is 2.62. The van der Waals surface area contributed by atoms with Gasteiger partial charge < -0.3 is 11.1 Å². The Morgan fingerprint density at radius 1 is 1.47 bits per heavy atom. The number of amides is 1. The summed E-state index contributed by atoms with van der Waals surface area (Å²) < 4.78 is 0. The van der Waals surface area contributed by atoms with Crippen LogP contribution in [0.15, 0.2) is 29.2 Å². The van der Waals surface area contributed by atoms with Gasteiger partial charge in [-0.25, -0.2) is 0 Å². The van der Waals surface area contributed by atoms with Crippen molar-refractivity contribution < 1.29 is 4.79 Å². The van der Waals surface area contributed by atoms with Crippen molar-refractivity contribution in [2.45, 2.75) is 24.7 Å². The number of hydrogen-bond acceptors (Lipinski definition) is 3. The van der Waals surface area contributed by atoms with Gasteiger partial charge in [-0.15, -0.1) is 11.8 Å². The monoisotopic (exact) mass is 252 g/mol. The molecule has 1 aromatic carbocycles. The minimum Gasteiger partial charge on any atom is -0.330 e. The third kappa shape index (κ3) is 4.40. The number of anilines is 1. The molecule has 3 nitrogen and oxygen atoms in total. The smallest absolute Gasteiger partial charge is 0.224 e. The quantitative estimate of drug-likeness (QED) is 0.765. The molecular weight excluding hydrogens is 232 g/mol. The second-order valence-electron chi connectivity index (χ2n) is 3.96. The third-order valence-corrected chi connectivity index (χ3v) is 3.56. The van der Waals surface area contributed by atoms with E-state index in [0.717, 1.165) is 17.0 Å². The summed E-state index contributed by atoms with van der Waals surface area (Å²) in [5.74, 6) is 0.320. The van der Waals surface area contributed by atoms with Crippen LogP contribution in [0.3, 0.4) is 0 Å². The summed E-state index contributed by atoms with van der Waals surface area (Å²) in [5.41, 5.74) is 6.48. The lowest BCUT2D eigenvalue weighted by Crippen LogP contribution is -2.21. The van der Waals surface area contributed by atoms with E-state index >= 15 is 0 Å². The molecule has 3 N–H and O–H groups in total. The molecule has 0 saturated carbocycles. The first-order chi connectivity index (χ1) is 8.21. The molecule has 0 fully saturated rings. The van der Waals surface area contributed by atoms with Crippen molar-refractivity contribution in [2.75, 3.05) is 18.1 Å². The van der Waals surface area contributed by atoms with Gasteiger partial charge in [0.2, 0.25) is 5.91 Å². The van der Waals surface area contributed by atoms with Crippen molar-refractivity contribution in [2.24, 2.45) is 11.7 Å². The van der Waals surface area contributed by atoms with E-state index in [4.69, 9.17) is 5.73 Å². The fraction of sp³-hybridized carbons (Fsp3) is 0.462. The van der Waals surface area contributed by atoms with E-state index in [1.807, 2.05) is 30.5 Å². The first-order valence-corrected chi connectivity index (χ1v) is 7.06. The van der Waals surface area contributed by atoms with E-state index in [1.165, 1.54) is 0 Å². The predicted molar refractivity (Wildman–Crippen MR) is 74.3 cm³/mol. The topological polar surface area (TPSA) is 55.1 Å². The van der Waals surface area contributed by atoms with Crippen LogP contribution in [0, 0.1) is 5.92 Å². The molecule has 0 heterocycles. The molecule has 17 heavy (non-hydrogen) atoms. The van der Waals surface area contributed by atoms with Crippen LogP contribution >= 0.6 is 11.8 Å². The van der Waals surface area contributed by atoms with E-state index in [0.29, 0.717) is 13.0 Å². The number of carbonyl (C=O) groups excluding carboxylic acids is 1. The number of hydrogen-bond donors (Lipinski definition) is 2. The van der Waals surface area contributed by atoms with Crippen LogP contribution in [0.4, 0.5) is 5.69 Å². The molecule has 0 aliphatic heterocycles. The van der Waals surface area contributed by atoms with Crippen molar-refractivity contribution in [3.8, 4) is 0 Å². The fourth-order valence-corrected chi connectivity index (χ4v) is 2.16. The summed E-state index contributed by atoms with van der Waals surface area (Å²) in [6.07, 6.45) is 3.43. The molecule has 4 heteroatoms. The Balaban J connectivity index is 2.61. The van der Waals surface area contributed by atoms with E-state index in [1.54, 1.807) is 11.8 Å². The number of para-hydroxylation sites is 1. The minimum absolute atomic E-state index is 0.0452. The van der Waals surface area contributed by atoms with Gasteiger partial charge in [0.1, 0.15) is 0 Å². The van der Waals surface area contributed by atoms with Gasteiger partial charge in [0, 0.05) is 11.3 Å². The minimum atomic E-state index is 0.0452. The zero-order valence-corrected chi connectivity index (χ0v) is 11.2. The Labute approximate surface area is 107 Å². The molecule has 0 aliphatic rings. The zero-order valence-electron chi connectivity index (χ0n) is 10.4. The molecule has 1 atom stereocenters. The second kappa shape index (κ2) is 7.35. The van der Waals surface area contributed by atoms with Crippen molar-refractivity contribution in [3.05, 3.63) is 24.3 Å². The fourth-order valence-electron chi connectivity index (χ4n) is 1.61. The van der Waals surface area contributed by atoms with E-state index in [2.05, 4.69) is 12.2 Å². The van der Waals surface area contributed by atoms with Crippen LogP contribution in [-0.4, -0.2) is 18.7 Å². The van der Waals surface area contributed by atoms with Gasteiger partial charge in [0.05, 0.1) is 5.69 Å². The molecule has 1 amide bonds. The molecule has 0 bridgehead atoms. The number of benzene rings is 1. The molecule has 0 aromatic heterocycles. The van der Waals surface area contributed by atoms with Gasteiger partial charge in [-0.1, -0.05) is 25.5 Å². The Bertz CT molecular complexity index is 364. The van der Waals surface area contributed by atoms with E-state index in [-0.39, 0.29) is 11.8 Å². The summed E-state index contributed by atoms with van der Waals surface area (Å²) in [7, 11) is 0. The second-order valence-corrected chi connectivity index (χ2v) is 4.81. The maximum atomic E-state index is 11.8. The number of thioether (sulfide) groups is 1. The van der Waals surface area contributed by atoms with Crippen LogP contribution < -0.4 is 11.1 Å². The van der Waals surface area contributed by atoms with Crippen LogP contribution in [0.2, 0.25) is 0 Å². The Kier molecular flexibility index (Phi) is 6.08. The van der Waals surface area contributed by atoms with Crippen LogP contribution in [0.1, 0.15) is 19.8 Å². The average Bonchev–Trinajstić information content (AvgIpc) is 2.36. The predicted octanol–water partition coefficient (Wildman–Crippen LogP) is 2.72. The zero-order chi connectivity index (χ0) is 12.7. The van der Waals surface area contributed by atoms with E-state index in [9.17, 15) is 4.79 Å². The van der Waals surface area contributed by atoms with Crippen LogP contribution in [0.25, 0.3) is 0 Å². The molecule has 1 unspecified atom stereocenters. The Morgan fingerprint density at radius 2 is 2.18 bits per heavy atom. The maximum absolute atomic E-state index is 11.8.